The Hall–Kier alpha value is -3.90. The summed E-state index contributed by atoms with van der Waals surface area (Å²) in [6.07, 6.45) is 0. The third-order valence-electron chi connectivity index (χ3n) is 6.28. The summed E-state index contributed by atoms with van der Waals surface area (Å²) in [6, 6.07) is 42.0. The first-order chi connectivity index (χ1) is 15.3. The zero-order valence-corrected chi connectivity index (χ0v) is 17.5. The Labute approximate surface area is 183 Å². The fraction of sp³-hybridized carbons (Fsp3) is 0.0323. The van der Waals surface area contributed by atoms with Crippen LogP contribution in [0.2, 0.25) is 0 Å². The van der Waals surface area contributed by atoms with Crippen LogP contribution in [-0.2, 0) is 0 Å². The summed E-state index contributed by atoms with van der Waals surface area (Å²) in [7, 11) is 0. The summed E-state index contributed by atoms with van der Waals surface area (Å²) in [6.45, 7) is 2.18. The van der Waals surface area contributed by atoms with Crippen molar-refractivity contribution in [3.05, 3.63) is 143 Å². The third-order valence-corrected chi connectivity index (χ3v) is 6.28. The molecule has 146 valence electrons. The van der Waals surface area contributed by atoms with E-state index in [1.807, 2.05) is 0 Å². The smallest absolute Gasteiger partial charge is 0.00201 e. The maximum absolute atomic E-state index is 2.34. The van der Waals surface area contributed by atoms with Crippen LogP contribution in [0.25, 0.3) is 33.0 Å². The fourth-order valence-electron chi connectivity index (χ4n) is 4.95. The van der Waals surface area contributed by atoms with Crippen molar-refractivity contribution in [2.24, 2.45) is 0 Å². The molecule has 6 rings (SSSR count). The second-order valence-electron chi connectivity index (χ2n) is 8.24. The minimum Gasteiger partial charge on any atom is -0.0622 e. The van der Waals surface area contributed by atoms with Gasteiger partial charge in [0.25, 0.3) is 0 Å². The molecule has 0 heteroatoms. The van der Waals surface area contributed by atoms with Crippen molar-refractivity contribution in [1.82, 2.24) is 0 Å². The van der Waals surface area contributed by atoms with Crippen molar-refractivity contribution >= 4 is 21.9 Å². The molecule has 0 fully saturated rings. The Balaban J connectivity index is 1.88. The van der Waals surface area contributed by atoms with E-state index >= 15 is 0 Å². The highest BCUT2D eigenvalue weighted by Gasteiger charge is 2.25. The third kappa shape index (κ3) is 2.84. The van der Waals surface area contributed by atoms with E-state index in [4.69, 9.17) is 0 Å². The highest BCUT2D eigenvalue weighted by Crippen LogP contribution is 2.48. The van der Waals surface area contributed by atoms with Gasteiger partial charge in [0.1, 0.15) is 0 Å². The first kappa shape index (κ1) is 17.9. The SMILES string of the molecule is Cc1ccc2c(c1)-c1cccc3cccc(c13)C(c1ccccc1)=C2c1ccccc1. The lowest BCUT2D eigenvalue weighted by Gasteiger charge is -2.18. The molecule has 31 heavy (non-hydrogen) atoms. The summed E-state index contributed by atoms with van der Waals surface area (Å²) in [5, 5.41) is 2.62. The van der Waals surface area contributed by atoms with E-state index in [2.05, 4.69) is 122 Å². The highest BCUT2D eigenvalue weighted by molar-refractivity contribution is 6.17. The van der Waals surface area contributed by atoms with Crippen molar-refractivity contribution in [1.29, 1.82) is 0 Å². The van der Waals surface area contributed by atoms with Gasteiger partial charge in [-0.15, -0.1) is 0 Å². The van der Waals surface area contributed by atoms with Crippen molar-refractivity contribution in [2.45, 2.75) is 6.92 Å². The van der Waals surface area contributed by atoms with Gasteiger partial charge in [0, 0.05) is 0 Å². The lowest BCUT2D eigenvalue weighted by molar-refractivity contribution is 1.44. The Kier molecular flexibility index (Phi) is 4.11. The molecule has 1 aliphatic rings. The maximum atomic E-state index is 2.34. The first-order valence-electron chi connectivity index (χ1n) is 10.8. The van der Waals surface area contributed by atoms with Crippen molar-refractivity contribution in [3.8, 4) is 11.1 Å². The maximum Gasteiger partial charge on any atom is -0.00201 e. The Morgan fingerprint density at radius 1 is 0.419 bits per heavy atom. The molecule has 0 atom stereocenters. The molecule has 0 bridgehead atoms. The van der Waals surface area contributed by atoms with Gasteiger partial charge in [-0.25, -0.2) is 0 Å². The largest absolute Gasteiger partial charge is 0.0622 e. The molecule has 0 unspecified atom stereocenters. The summed E-state index contributed by atoms with van der Waals surface area (Å²) < 4.78 is 0. The lowest BCUT2D eigenvalue weighted by Crippen LogP contribution is -1.97. The van der Waals surface area contributed by atoms with Crippen LogP contribution in [0.3, 0.4) is 0 Å². The molecule has 0 heterocycles. The van der Waals surface area contributed by atoms with Crippen molar-refractivity contribution in [3.63, 3.8) is 0 Å². The van der Waals surface area contributed by atoms with Crippen LogP contribution < -0.4 is 0 Å². The van der Waals surface area contributed by atoms with E-state index in [1.165, 1.54) is 60.9 Å². The van der Waals surface area contributed by atoms with Crippen LogP contribution in [-0.4, -0.2) is 0 Å². The van der Waals surface area contributed by atoms with Crippen molar-refractivity contribution in [2.75, 3.05) is 0 Å². The van der Waals surface area contributed by atoms with E-state index in [0.29, 0.717) is 0 Å². The molecular formula is C31H22. The number of hydrogen-bond donors (Lipinski definition) is 0. The summed E-state index contributed by atoms with van der Waals surface area (Å²) in [4.78, 5) is 0. The lowest BCUT2D eigenvalue weighted by atomic mass is 9.85. The number of hydrogen-bond acceptors (Lipinski definition) is 0. The van der Waals surface area contributed by atoms with Crippen LogP contribution in [0.5, 0.6) is 0 Å². The molecule has 1 aliphatic carbocycles. The van der Waals surface area contributed by atoms with Gasteiger partial charge in [-0.2, -0.15) is 0 Å². The van der Waals surface area contributed by atoms with Gasteiger partial charge >= 0.3 is 0 Å². The van der Waals surface area contributed by atoms with Crippen LogP contribution in [0.1, 0.15) is 27.8 Å². The Morgan fingerprint density at radius 2 is 1.00 bits per heavy atom. The average molecular weight is 395 g/mol. The average Bonchev–Trinajstić information content (AvgIpc) is 2.95. The molecule has 0 radical (unpaired) electrons. The monoisotopic (exact) mass is 394 g/mol. The standard InChI is InChI=1S/C31H22/c1-21-18-19-26-28(20-21)25-16-8-14-22-15-9-17-27(29(22)25)31(24-12-6-3-7-13-24)30(26)23-10-4-2-5-11-23/h2-20H,1H3. The van der Waals surface area contributed by atoms with Gasteiger partial charge in [-0.3, -0.25) is 0 Å². The molecule has 0 aromatic heterocycles. The van der Waals surface area contributed by atoms with Crippen LogP contribution in [0.4, 0.5) is 0 Å². The molecule has 0 saturated heterocycles. The van der Waals surface area contributed by atoms with Gasteiger partial charge in [0.15, 0.2) is 0 Å². The van der Waals surface area contributed by atoms with Gasteiger partial charge in [0.05, 0.1) is 0 Å². The second kappa shape index (κ2) is 7.11. The molecule has 0 spiro atoms. The minimum absolute atomic E-state index is 1.25. The fourth-order valence-corrected chi connectivity index (χ4v) is 4.95. The van der Waals surface area contributed by atoms with E-state index in [0.717, 1.165) is 0 Å². The zero-order chi connectivity index (χ0) is 20.8. The van der Waals surface area contributed by atoms with E-state index in [1.54, 1.807) is 0 Å². The number of rotatable bonds is 2. The normalized spacial score (nSPS) is 12.5. The highest BCUT2D eigenvalue weighted by atomic mass is 14.3. The minimum atomic E-state index is 1.25. The summed E-state index contributed by atoms with van der Waals surface area (Å²) in [5.41, 5.74) is 11.6. The van der Waals surface area contributed by atoms with Gasteiger partial charge in [-0.05, 0) is 62.2 Å². The predicted molar refractivity (Wildman–Crippen MR) is 132 cm³/mol. The first-order valence-corrected chi connectivity index (χ1v) is 10.8. The van der Waals surface area contributed by atoms with Gasteiger partial charge in [0.2, 0.25) is 0 Å². The molecule has 0 nitrogen and oxygen atoms in total. The Bertz CT molecular complexity index is 1450. The molecular weight excluding hydrogens is 372 g/mol. The van der Waals surface area contributed by atoms with Crippen LogP contribution in [0, 0.1) is 6.92 Å². The van der Waals surface area contributed by atoms with Gasteiger partial charge < -0.3 is 0 Å². The quantitative estimate of drug-likeness (QED) is 0.278. The molecule has 5 aromatic rings. The molecule has 0 amide bonds. The van der Waals surface area contributed by atoms with E-state index < -0.39 is 0 Å². The van der Waals surface area contributed by atoms with Gasteiger partial charge in [-0.1, -0.05) is 121 Å². The van der Waals surface area contributed by atoms with Crippen LogP contribution >= 0.6 is 0 Å². The molecule has 5 aromatic carbocycles. The van der Waals surface area contributed by atoms with E-state index in [-0.39, 0.29) is 0 Å². The van der Waals surface area contributed by atoms with Crippen molar-refractivity contribution < 1.29 is 0 Å². The Morgan fingerprint density at radius 3 is 1.65 bits per heavy atom. The number of benzene rings is 5. The molecule has 0 saturated carbocycles. The molecule has 0 aliphatic heterocycles. The summed E-state index contributed by atoms with van der Waals surface area (Å²) >= 11 is 0. The summed E-state index contributed by atoms with van der Waals surface area (Å²) in [5.74, 6) is 0. The number of fused-ring (bicyclic) bond motifs is 2. The molecule has 0 N–H and O–H groups in total. The number of aryl methyl sites for hydroxylation is 1. The van der Waals surface area contributed by atoms with Crippen LogP contribution in [0.15, 0.2) is 115 Å². The second-order valence-corrected chi connectivity index (χ2v) is 8.24. The predicted octanol–water partition coefficient (Wildman–Crippen LogP) is 8.14. The van der Waals surface area contributed by atoms with E-state index in [9.17, 15) is 0 Å². The topological polar surface area (TPSA) is 0 Å². The zero-order valence-electron chi connectivity index (χ0n) is 17.5.